The highest BCUT2D eigenvalue weighted by Gasteiger charge is 2.60. The van der Waals surface area contributed by atoms with Crippen molar-refractivity contribution in [3.8, 4) is 0 Å². The Morgan fingerprint density at radius 3 is 2.44 bits per heavy atom. The number of nitrogens with zero attached hydrogens (tertiary/aromatic N) is 2. The second-order valence-corrected chi connectivity index (χ2v) is 7.77. The number of fused-ring (bicyclic) bond motifs is 5. The second kappa shape index (κ2) is 6.44. The Kier molecular flexibility index (Phi) is 4.20. The maximum Gasteiger partial charge on any atom is 0.274 e. The van der Waals surface area contributed by atoms with Crippen molar-refractivity contribution in [3.63, 3.8) is 0 Å². The lowest BCUT2D eigenvalue weighted by Crippen LogP contribution is -2.35. The summed E-state index contributed by atoms with van der Waals surface area (Å²) in [6, 6.07) is 4.47. The van der Waals surface area contributed by atoms with Gasteiger partial charge in [-0.3, -0.25) is 29.4 Å². The van der Waals surface area contributed by atoms with Crippen LogP contribution in [0.2, 0.25) is 0 Å². The van der Waals surface area contributed by atoms with Crippen molar-refractivity contribution in [3.05, 3.63) is 33.9 Å². The molecule has 4 atom stereocenters. The van der Waals surface area contributed by atoms with Crippen LogP contribution in [0.5, 0.6) is 0 Å². The molecule has 1 heterocycles. The van der Waals surface area contributed by atoms with Gasteiger partial charge in [-0.15, -0.1) is 0 Å². The SMILES string of the molecule is Cc1ccc(NC(=O)CCN2C(=O)[C@@H]3[C@H]4CC[C@@H](C4)[C@H]3C2=O)cc1[N+](=O)[O-]. The molecule has 0 spiro atoms. The first-order valence-electron chi connectivity index (χ1n) is 9.27. The van der Waals surface area contributed by atoms with Crippen LogP contribution in [0.25, 0.3) is 0 Å². The van der Waals surface area contributed by atoms with Gasteiger partial charge in [-0.2, -0.15) is 0 Å². The van der Waals surface area contributed by atoms with E-state index in [2.05, 4.69) is 5.32 Å². The first kappa shape index (κ1) is 17.6. The first-order valence-corrected chi connectivity index (χ1v) is 9.27. The molecule has 8 heteroatoms. The van der Waals surface area contributed by atoms with Gasteiger partial charge in [-0.1, -0.05) is 6.07 Å². The van der Waals surface area contributed by atoms with Crippen molar-refractivity contribution in [2.75, 3.05) is 11.9 Å². The van der Waals surface area contributed by atoms with Gasteiger partial charge >= 0.3 is 0 Å². The van der Waals surface area contributed by atoms with Crippen LogP contribution in [0, 0.1) is 40.7 Å². The van der Waals surface area contributed by atoms with Crippen LogP contribution in [-0.4, -0.2) is 34.1 Å². The van der Waals surface area contributed by atoms with E-state index in [-0.39, 0.29) is 48.2 Å². The number of likely N-dealkylation sites (tertiary alicyclic amines) is 1. The average Bonchev–Trinajstić information content (AvgIpc) is 3.29. The normalized spacial score (nSPS) is 28.6. The Bertz CT molecular complexity index is 824. The number of carbonyl (C=O) groups excluding carboxylic acids is 3. The number of nitrogens with one attached hydrogen (secondary N) is 1. The molecule has 3 amide bonds. The number of hydrogen-bond acceptors (Lipinski definition) is 5. The number of carbonyl (C=O) groups is 3. The Balaban J connectivity index is 1.37. The number of benzene rings is 1. The van der Waals surface area contributed by atoms with Gasteiger partial charge in [-0.05, 0) is 44.1 Å². The summed E-state index contributed by atoms with van der Waals surface area (Å²) in [5, 5.41) is 13.6. The van der Waals surface area contributed by atoms with Crippen LogP contribution in [-0.2, 0) is 14.4 Å². The van der Waals surface area contributed by atoms with Gasteiger partial charge in [0.1, 0.15) is 0 Å². The lowest BCUT2D eigenvalue weighted by atomic mass is 9.81. The van der Waals surface area contributed by atoms with Crippen molar-refractivity contribution >= 4 is 29.1 Å². The molecule has 27 heavy (non-hydrogen) atoms. The summed E-state index contributed by atoms with van der Waals surface area (Å²) in [6.45, 7) is 1.68. The summed E-state index contributed by atoms with van der Waals surface area (Å²) in [5.41, 5.74) is 0.764. The van der Waals surface area contributed by atoms with E-state index in [0.29, 0.717) is 23.1 Å². The minimum absolute atomic E-state index is 0.0199. The smallest absolute Gasteiger partial charge is 0.274 e. The number of hydrogen-bond donors (Lipinski definition) is 1. The van der Waals surface area contributed by atoms with E-state index >= 15 is 0 Å². The Morgan fingerprint density at radius 2 is 1.85 bits per heavy atom. The highest BCUT2D eigenvalue weighted by atomic mass is 16.6. The van der Waals surface area contributed by atoms with Crippen molar-refractivity contribution in [2.45, 2.75) is 32.6 Å². The maximum atomic E-state index is 12.6. The van der Waals surface area contributed by atoms with Crippen LogP contribution in [0.4, 0.5) is 11.4 Å². The van der Waals surface area contributed by atoms with E-state index in [1.54, 1.807) is 19.1 Å². The molecule has 0 radical (unpaired) electrons. The van der Waals surface area contributed by atoms with Gasteiger partial charge in [0.05, 0.1) is 16.8 Å². The molecule has 8 nitrogen and oxygen atoms in total. The predicted molar refractivity (Wildman–Crippen MR) is 95.6 cm³/mol. The molecule has 142 valence electrons. The zero-order valence-electron chi connectivity index (χ0n) is 15.0. The standard InChI is InChI=1S/C19H21N3O5/c1-10-2-5-13(9-14(10)22(26)27)20-15(23)6-7-21-18(24)16-11-3-4-12(8-11)17(16)19(21)25/h2,5,9,11-12,16-17H,3-4,6-8H2,1H3,(H,20,23)/t11-,12-,16+,17+/m0/s1. The summed E-state index contributed by atoms with van der Waals surface area (Å²) < 4.78 is 0. The van der Waals surface area contributed by atoms with E-state index in [1.165, 1.54) is 11.0 Å². The third kappa shape index (κ3) is 2.89. The van der Waals surface area contributed by atoms with Gasteiger partial charge in [0, 0.05) is 30.3 Å². The number of nitro groups is 1. The van der Waals surface area contributed by atoms with Crippen LogP contribution in [0.15, 0.2) is 18.2 Å². The fourth-order valence-electron chi connectivity index (χ4n) is 5.01. The molecule has 1 aliphatic heterocycles. The Hall–Kier alpha value is -2.77. The van der Waals surface area contributed by atoms with Crippen LogP contribution in [0.3, 0.4) is 0 Å². The van der Waals surface area contributed by atoms with Crippen molar-refractivity contribution in [1.29, 1.82) is 0 Å². The topological polar surface area (TPSA) is 110 Å². The van der Waals surface area contributed by atoms with E-state index in [0.717, 1.165) is 19.3 Å². The molecular weight excluding hydrogens is 350 g/mol. The Morgan fingerprint density at radius 1 is 1.22 bits per heavy atom. The molecule has 2 aliphatic carbocycles. The molecule has 1 aromatic carbocycles. The molecule has 2 saturated carbocycles. The largest absolute Gasteiger partial charge is 0.326 e. The molecule has 1 N–H and O–H groups in total. The fourth-order valence-corrected chi connectivity index (χ4v) is 5.01. The van der Waals surface area contributed by atoms with Crippen molar-refractivity contribution in [1.82, 2.24) is 4.90 Å². The number of rotatable bonds is 5. The third-order valence-electron chi connectivity index (χ3n) is 6.27. The van der Waals surface area contributed by atoms with E-state index in [4.69, 9.17) is 0 Å². The van der Waals surface area contributed by atoms with E-state index < -0.39 is 4.92 Å². The number of amides is 3. The summed E-state index contributed by atoms with van der Waals surface area (Å²) in [6.07, 6.45) is 3.00. The first-order chi connectivity index (χ1) is 12.9. The van der Waals surface area contributed by atoms with Gasteiger partial charge in [-0.25, -0.2) is 0 Å². The maximum absolute atomic E-state index is 12.6. The number of aryl methyl sites for hydroxylation is 1. The Labute approximate surface area is 156 Å². The second-order valence-electron chi connectivity index (χ2n) is 7.77. The minimum atomic E-state index is -0.500. The molecule has 3 aliphatic rings. The molecule has 1 saturated heterocycles. The van der Waals surface area contributed by atoms with Gasteiger partial charge in [0.2, 0.25) is 17.7 Å². The van der Waals surface area contributed by atoms with Gasteiger partial charge < -0.3 is 5.32 Å². The molecule has 2 bridgehead atoms. The summed E-state index contributed by atoms with van der Waals surface area (Å²) in [7, 11) is 0. The van der Waals surface area contributed by atoms with Gasteiger partial charge in [0.15, 0.2) is 0 Å². The molecule has 0 aromatic heterocycles. The highest BCUT2D eigenvalue weighted by molar-refractivity contribution is 6.06. The van der Waals surface area contributed by atoms with Crippen molar-refractivity contribution < 1.29 is 19.3 Å². The molecule has 0 unspecified atom stereocenters. The molecular formula is C19H21N3O5. The summed E-state index contributed by atoms with van der Waals surface area (Å²) >= 11 is 0. The monoisotopic (exact) mass is 371 g/mol. The number of anilines is 1. The number of imide groups is 1. The molecule has 1 aromatic rings. The van der Waals surface area contributed by atoms with E-state index in [9.17, 15) is 24.5 Å². The lowest BCUT2D eigenvalue weighted by Gasteiger charge is -2.19. The average molecular weight is 371 g/mol. The van der Waals surface area contributed by atoms with Gasteiger partial charge in [0.25, 0.3) is 5.69 Å². The number of nitro benzene ring substituents is 1. The summed E-state index contributed by atoms with van der Waals surface area (Å²) in [5.74, 6) is -0.356. The molecule has 3 fully saturated rings. The quantitative estimate of drug-likeness (QED) is 0.485. The fraction of sp³-hybridized carbons (Fsp3) is 0.526. The zero-order chi connectivity index (χ0) is 19.3. The van der Waals surface area contributed by atoms with Crippen LogP contribution in [0.1, 0.15) is 31.2 Å². The van der Waals surface area contributed by atoms with Crippen molar-refractivity contribution in [2.24, 2.45) is 23.7 Å². The zero-order valence-corrected chi connectivity index (χ0v) is 15.0. The lowest BCUT2D eigenvalue weighted by molar-refractivity contribution is -0.385. The van der Waals surface area contributed by atoms with Crippen LogP contribution >= 0.6 is 0 Å². The molecule has 4 rings (SSSR count). The van der Waals surface area contributed by atoms with Crippen LogP contribution < -0.4 is 5.32 Å². The minimum Gasteiger partial charge on any atom is -0.326 e. The predicted octanol–water partition coefficient (Wildman–Crippen LogP) is 2.26. The van der Waals surface area contributed by atoms with E-state index in [1.807, 2.05) is 0 Å². The summed E-state index contributed by atoms with van der Waals surface area (Å²) in [4.78, 5) is 49.2. The third-order valence-corrected chi connectivity index (χ3v) is 6.27. The highest BCUT2D eigenvalue weighted by Crippen LogP contribution is 2.56.